The molecule has 1 aliphatic heterocycles. The summed E-state index contributed by atoms with van der Waals surface area (Å²) in [5, 5.41) is 2.82. The van der Waals surface area contributed by atoms with Gasteiger partial charge in [-0.25, -0.2) is 8.42 Å². The maximum absolute atomic E-state index is 12.9. The molecule has 0 atom stereocenters. The maximum atomic E-state index is 12.9. The Labute approximate surface area is 141 Å². The molecule has 0 bridgehead atoms. The number of hydrogen-bond acceptors (Lipinski definition) is 4. The Morgan fingerprint density at radius 1 is 1.25 bits per heavy atom. The molecular weight excluding hydrogens is 328 g/mol. The summed E-state index contributed by atoms with van der Waals surface area (Å²) in [5.41, 5.74) is 1.56. The number of benzene rings is 1. The summed E-state index contributed by atoms with van der Waals surface area (Å²) in [6, 6.07) is 8.38. The number of anilines is 1. The molecule has 0 saturated heterocycles. The van der Waals surface area contributed by atoms with Crippen LogP contribution in [0.25, 0.3) is 0 Å². The fourth-order valence-electron chi connectivity index (χ4n) is 2.80. The van der Waals surface area contributed by atoms with Crippen LogP contribution in [0.1, 0.15) is 31.1 Å². The van der Waals surface area contributed by atoms with Crippen molar-refractivity contribution in [2.75, 3.05) is 11.9 Å². The van der Waals surface area contributed by atoms with Crippen molar-refractivity contribution in [1.29, 1.82) is 0 Å². The van der Waals surface area contributed by atoms with Crippen LogP contribution < -0.4 is 5.32 Å². The number of amides is 1. The number of sulfonamides is 1. The van der Waals surface area contributed by atoms with Gasteiger partial charge in [0.05, 0.1) is 17.7 Å². The van der Waals surface area contributed by atoms with E-state index in [-0.39, 0.29) is 17.3 Å². The molecule has 7 heteroatoms. The Morgan fingerprint density at radius 2 is 2.08 bits per heavy atom. The van der Waals surface area contributed by atoms with E-state index in [0.717, 1.165) is 5.56 Å². The molecule has 0 aliphatic carbocycles. The molecule has 2 aromatic rings. The maximum Gasteiger partial charge on any atom is 0.243 e. The molecule has 6 nitrogen and oxygen atoms in total. The van der Waals surface area contributed by atoms with Gasteiger partial charge < -0.3 is 9.73 Å². The molecule has 0 radical (unpaired) electrons. The molecule has 2 heterocycles. The molecule has 0 spiro atoms. The molecular formula is C17H20N2O4S. The van der Waals surface area contributed by atoms with Crippen LogP contribution in [0, 0.1) is 0 Å². The van der Waals surface area contributed by atoms with Crippen LogP contribution in [0.3, 0.4) is 0 Å². The van der Waals surface area contributed by atoms with Crippen molar-refractivity contribution in [1.82, 2.24) is 4.31 Å². The lowest BCUT2D eigenvalue weighted by molar-refractivity contribution is -0.116. The molecule has 0 saturated carbocycles. The van der Waals surface area contributed by atoms with E-state index in [9.17, 15) is 13.2 Å². The second-order valence-electron chi connectivity index (χ2n) is 5.73. The van der Waals surface area contributed by atoms with Crippen molar-refractivity contribution in [2.45, 2.75) is 37.6 Å². The number of nitrogens with zero attached hydrogens (tertiary/aromatic N) is 1. The fourth-order valence-corrected chi connectivity index (χ4v) is 4.27. The number of carbonyl (C=O) groups is 1. The minimum Gasteiger partial charge on any atom is -0.468 e. The molecule has 3 rings (SSSR count). The molecule has 1 amide bonds. The minimum absolute atomic E-state index is 0.0302. The number of rotatable bonds is 5. The number of nitrogens with one attached hydrogen (secondary N) is 1. The Hall–Kier alpha value is -2.12. The van der Waals surface area contributed by atoms with Crippen molar-refractivity contribution in [3.63, 3.8) is 0 Å². The Bertz CT molecular complexity index is 828. The van der Waals surface area contributed by atoms with Crippen molar-refractivity contribution in [2.24, 2.45) is 0 Å². The van der Waals surface area contributed by atoms with Gasteiger partial charge in [-0.15, -0.1) is 0 Å². The molecule has 0 unspecified atom stereocenters. The topological polar surface area (TPSA) is 79.6 Å². The second-order valence-corrected chi connectivity index (χ2v) is 7.67. The SMILES string of the molecule is CCN(Cc1ccco1)S(=O)(=O)c1ccc2c(c1)CCCC(=O)N2. The van der Waals surface area contributed by atoms with Crippen LogP contribution in [0.5, 0.6) is 0 Å². The first-order valence-corrected chi connectivity index (χ1v) is 9.40. The summed E-state index contributed by atoms with van der Waals surface area (Å²) in [6.45, 7) is 2.33. The van der Waals surface area contributed by atoms with Crippen molar-refractivity contribution < 1.29 is 17.6 Å². The molecule has 1 aromatic heterocycles. The second kappa shape index (κ2) is 6.78. The first-order valence-electron chi connectivity index (χ1n) is 7.96. The number of furan rings is 1. The lowest BCUT2D eigenvalue weighted by atomic mass is 10.1. The quantitative estimate of drug-likeness (QED) is 0.901. The standard InChI is InChI=1S/C17H20N2O4S/c1-2-19(12-14-6-4-10-23-14)24(21,22)15-8-9-16-13(11-15)5-3-7-17(20)18-16/h4,6,8-11H,2-3,5,7,12H2,1H3,(H,18,20). The number of aryl methyl sites for hydroxylation is 1. The van der Waals surface area contributed by atoms with Gasteiger partial charge in [0.2, 0.25) is 15.9 Å². The van der Waals surface area contributed by atoms with E-state index >= 15 is 0 Å². The van der Waals surface area contributed by atoms with Gasteiger partial charge in [-0.1, -0.05) is 6.92 Å². The molecule has 128 valence electrons. The van der Waals surface area contributed by atoms with E-state index in [1.165, 1.54) is 10.6 Å². The van der Waals surface area contributed by atoms with Gasteiger partial charge in [0.25, 0.3) is 0 Å². The molecule has 1 aromatic carbocycles. The zero-order valence-corrected chi connectivity index (χ0v) is 14.3. The molecule has 24 heavy (non-hydrogen) atoms. The van der Waals surface area contributed by atoms with Crippen LogP contribution in [0.2, 0.25) is 0 Å². The normalized spacial score (nSPS) is 15.0. The summed E-state index contributed by atoms with van der Waals surface area (Å²) < 4.78 is 32.5. The lowest BCUT2D eigenvalue weighted by Crippen LogP contribution is -2.30. The van der Waals surface area contributed by atoms with Gasteiger partial charge in [-0.05, 0) is 48.7 Å². The van der Waals surface area contributed by atoms with Gasteiger partial charge >= 0.3 is 0 Å². The highest BCUT2D eigenvalue weighted by atomic mass is 32.2. The highest BCUT2D eigenvalue weighted by molar-refractivity contribution is 7.89. The predicted molar refractivity (Wildman–Crippen MR) is 90.0 cm³/mol. The number of fused-ring (bicyclic) bond motifs is 1. The summed E-state index contributed by atoms with van der Waals surface area (Å²) >= 11 is 0. The first-order chi connectivity index (χ1) is 11.5. The van der Waals surface area contributed by atoms with E-state index in [0.29, 0.717) is 37.3 Å². The first kappa shape index (κ1) is 16.7. The van der Waals surface area contributed by atoms with Crippen LogP contribution in [-0.4, -0.2) is 25.2 Å². The van der Waals surface area contributed by atoms with Gasteiger partial charge in [0, 0.05) is 18.7 Å². The summed E-state index contributed by atoms with van der Waals surface area (Å²) in [7, 11) is -3.63. The minimum atomic E-state index is -3.63. The third-order valence-corrected chi connectivity index (χ3v) is 6.02. The van der Waals surface area contributed by atoms with Crippen LogP contribution in [-0.2, 0) is 27.8 Å². The predicted octanol–water partition coefficient (Wildman–Crippen LogP) is 2.77. The number of hydrogen-bond donors (Lipinski definition) is 1. The van der Waals surface area contributed by atoms with Gasteiger partial charge in [-0.2, -0.15) is 4.31 Å². The molecule has 0 fully saturated rings. The largest absolute Gasteiger partial charge is 0.468 e. The van der Waals surface area contributed by atoms with Crippen molar-refractivity contribution in [3.05, 3.63) is 47.9 Å². The van der Waals surface area contributed by atoms with Crippen LogP contribution in [0.15, 0.2) is 45.9 Å². The smallest absolute Gasteiger partial charge is 0.243 e. The highest BCUT2D eigenvalue weighted by Crippen LogP contribution is 2.27. The Kier molecular flexibility index (Phi) is 4.73. The average molecular weight is 348 g/mol. The highest BCUT2D eigenvalue weighted by Gasteiger charge is 2.25. The van der Waals surface area contributed by atoms with E-state index in [2.05, 4.69) is 5.32 Å². The Balaban J connectivity index is 1.91. The van der Waals surface area contributed by atoms with E-state index in [4.69, 9.17) is 4.42 Å². The average Bonchev–Trinajstić information content (AvgIpc) is 2.99. The van der Waals surface area contributed by atoms with Gasteiger partial charge in [-0.3, -0.25) is 4.79 Å². The molecule has 1 aliphatic rings. The monoisotopic (exact) mass is 348 g/mol. The molecule has 1 N–H and O–H groups in total. The zero-order valence-electron chi connectivity index (χ0n) is 13.5. The zero-order chi connectivity index (χ0) is 17.2. The van der Waals surface area contributed by atoms with Crippen LogP contribution in [0.4, 0.5) is 5.69 Å². The van der Waals surface area contributed by atoms with E-state index < -0.39 is 10.0 Å². The van der Waals surface area contributed by atoms with Crippen LogP contribution >= 0.6 is 0 Å². The fraction of sp³-hybridized carbons (Fsp3) is 0.353. The van der Waals surface area contributed by atoms with Crippen molar-refractivity contribution >= 4 is 21.6 Å². The third-order valence-electron chi connectivity index (χ3n) is 4.10. The summed E-state index contributed by atoms with van der Waals surface area (Å²) in [4.78, 5) is 11.9. The summed E-state index contributed by atoms with van der Waals surface area (Å²) in [6.07, 6.45) is 3.38. The summed E-state index contributed by atoms with van der Waals surface area (Å²) in [5.74, 6) is 0.569. The number of carbonyl (C=O) groups excluding carboxylic acids is 1. The van der Waals surface area contributed by atoms with E-state index in [1.807, 2.05) is 0 Å². The third kappa shape index (κ3) is 3.37. The Morgan fingerprint density at radius 3 is 2.79 bits per heavy atom. The lowest BCUT2D eigenvalue weighted by Gasteiger charge is -2.20. The van der Waals surface area contributed by atoms with Crippen molar-refractivity contribution in [3.8, 4) is 0 Å². The van der Waals surface area contributed by atoms with Gasteiger partial charge in [0.1, 0.15) is 5.76 Å². The van der Waals surface area contributed by atoms with Gasteiger partial charge in [0.15, 0.2) is 0 Å². The van der Waals surface area contributed by atoms with E-state index in [1.54, 1.807) is 37.3 Å².